The van der Waals surface area contributed by atoms with Crippen molar-refractivity contribution >= 4 is 17.3 Å². The van der Waals surface area contributed by atoms with E-state index in [9.17, 15) is 4.79 Å². The molecular formula is C15H24N4O. The third-order valence-corrected chi connectivity index (χ3v) is 4.08. The van der Waals surface area contributed by atoms with E-state index < -0.39 is 5.91 Å². The van der Waals surface area contributed by atoms with Crippen molar-refractivity contribution in [3.05, 3.63) is 23.8 Å². The number of nitrogen functional groups attached to an aromatic ring is 1. The summed E-state index contributed by atoms with van der Waals surface area (Å²) in [5, 5.41) is 3.32. The number of primary amides is 1. The number of piperidine rings is 1. The fraction of sp³-hybridized carbons (Fsp3) is 0.533. The normalized spacial score (nSPS) is 17.1. The molecule has 1 saturated heterocycles. The van der Waals surface area contributed by atoms with Crippen molar-refractivity contribution in [2.24, 2.45) is 11.7 Å². The van der Waals surface area contributed by atoms with E-state index >= 15 is 0 Å². The minimum Gasteiger partial charge on any atom is -0.397 e. The Kier molecular flexibility index (Phi) is 4.84. The van der Waals surface area contributed by atoms with Crippen LogP contribution >= 0.6 is 0 Å². The summed E-state index contributed by atoms with van der Waals surface area (Å²) in [5.41, 5.74) is 13.1. The van der Waals surface area contributed by atoms with E-state index in [1.54, 1.807) is 18.2 Å². The van der Waals surface area contributed by atoms with E-state index in [1.165, 1.54) is 12.8 Å². The van der Waals surface area contributed by atoms with Crippen molar-refractivity contribution in [2.75, 3.05) is 37.2 Å². The van der Waals surface area contributed by atoms with Crippen molar-refractivity contribution in [3.63, 3.8) is 0 Å². The second kappa shape index (κ2) is 6.61. The van der Waals surface area contributed by atoms with Crippen LogP contribution in [0.2, 0.25) is 0 Å². The summed E-state index contributed by atoms with van der Waals surface area (Å²) in [6, 6.07) is 5.25. The lowest BCUT2D eigenvalue weighted by Gasteiger charge is -2.31. The first-order valence-electron chi connectivity index (χ1n) is 7.26. The van der Waals surface area contributed by atoms with Gasteiger partial charge in [-0.2, -0.15) is 0 Å². The molecule has 0 aromatic heterocycles. The summed E-state index contributed by atoms with van der Waals surface area (Å²) in [7, 11) is 0. The Morgan fingerprint density at radius 3 is 2.70 bits per heavy atom. The Morgan fingerprint density at radius 1 is 1.40 bits per heavy atom. The number of benzene rings is 1. The van der Waals surface area contributed by atoms with Gasteiger partial charge in [-0.05, 0) is 50.5 Å². The van der Waals surface area contributed by atoms with E-state index in [-0.39, 0.29) is 0 Å². The number of amides is 1. The SMILES string of the molecule is CCN1CCC(CNc2c(N)cccc2C(N)=O)CC1. The van der Waals surface area contributed by atoms with Gasteiger partial charge in [0.15, 0.2) is 0 Å². The third kappa shape index (κ3) is 3.42. The van der Waals surface area contributed by atoms with Gasteiger partial charge >= 0.3 is 0 Å². The highest BCUT2D eigenvalue weighted by Gasteiger charge is 2.19. The van der Waals surface area contributed by atoms with Crippen molar-refractivity contribution < 1.29 is 4.79 Å². The van der Waals surface area contributed by atoms with Gasteiger partial charge in [0.1, 0.15) is 0 Å². The second-order valence-electron chi connectivity index (χ2n) is 5.39. The van der Waals surface area contributed by atoms with E-state index in [0.717, 1.165) is 26.2 Å². The molecule has 1 heterocycles. The van der Waals surface area contributed by atoms with Crippen LogP contribution < -0.4 is 16.8 Å². The fourth-order valence-electron chi connectivity index (χ4n) is 2.73. The number of para-hydroxylation sites is 1. The molecule has 2 rings (SSSR count). The Morgan fingerprint density at radius 2 is 2.10 bits per heavy atom. The number of nitrogens with one attached hydrogen (secondary N) is 1. The summed E-state index contributed by atoms with van der Waals surface area (Å²) in [5.74, 6) is 0.179. The van der Waals surface area contributed by atoms with Crippen LogP contribution in [-0.4, -0.2) is 37.0 Å². The summed E-state index contributed by atoms with van der Waals surface area (Å²) < 4.78 is 0. The topological polar surface area (TPSA) is 84.4 Å². The number of nitrogens with two attached hydrogens (primary N) is 2. The lowest BCUT2D eigenvalue weighted by molar-refractivity contribution is 0.100. The number of likely N-dealkylation sites (tertiary alicyclic amines) is 1. The highest BCUT2D eigenvalue weighted by atomic mass is 16.1. The Labute approximate surface area is 120 Å². The number of carbonyl (C=O) groups excluding carboxylic acids is 1. The lowest BCUT2D eigenvalue weighted by Crippen LogP contribution is -2.35. The number of hydrogen-bond acceptors (Lipinski definition) is 4. The summed E-state index contributed by atoms with van der Waals surface area (Å²) in [6.07, 6.45) is 2.36. The zero-order valence-electron chi connectivity index (χ0n) is 12.1. The van der Waals surface area contributed by atoms with Gasteiger partial charge in [-0.1, -0.05) is 13.0 Å². The number of rotatable bonds is 5. The maximum absolute atomic E-state index is 11.4. The molecule has 0 spiro atoms. The van der Waals surface area contributed by atoms with Gasteiger partial charge < -0.3 is 21.7 Å². The zero-order valence-corrected chi connectivity index (χ0v) is 12.1. The second-order valence-corrected chi connectivity index (χ2v) is 5.39. The average molecular weight is 276 g/mol. The Bertz CT molecular complexity index is 467. The first-order valence-corrected chi connectivity index (χ1v) is 7.26. The number of carbonyl (C=O) groups is 1. The van der Waals surface area contributed by atoms with Crippen LogP contribution in [0, 0.1) is 5.92 Å². The molecule has 1 aliphatic heterocycles. The molecule has 0 aliphatic carbocycles. The van der Waals surface area contributed by atoms with Crippen LogP contribution in [0.15, 0.2) is 18.2 Å². The highest BCUT2D eigenvalue weighted by Crippen LogP contribution is 2.25. The molecule has 0 radical (unpaired) electrons. The van der Waals surface area contributed by atoms with Gasteiger partial charge in [0.05, 0.1) is 16.9 Å². The number of hydrogen-bond donors (Lipinski definition) is 3. The molecule has 0 atom stereocenters. The molecule has 1 fully saturated rings. The molecule has 0 unspecified atom stereocenters. The van der Waals surface area contributed by atoms with Crippen molar-refractivity contribution in [1.29, 1.82) is 0 Å². The van der Waals surface area contributed by atoms with Gasteiger partial charge in [0.25, 0.3) is 5.91 Å². The first-order chi connectivity index (χ1) is 9.61. The third-order valence-electron chi connectivity index (χ3n) is 4.08. The van der Waals surface area contributed by atoms with Gasteiger partial charge in [-0.15, -0.1) is 0 Å². The largest absolute Gasteiger partial charge is 0.397 e. The first kappa shape index (κ1) is 14.7. The summed E-state index contributed by atoms with van der Waals surface area (Å²) >= 11 is 0. The molecule has 0 saturated carbocycles. The molecule has 5 N–H and O–H groups in total. The summed E-state index contributed by atoms with van der Waals surface area (Å²) in [6.45, 7) is 6.46. The van der Waals surface area contributed by atoms with Crippen LogP contribution in [-0.2, 0) is 0 Å². The molecule has 1 aromatic carbocycles. The molecule has 1 aromatic rings. The van der Waals surface area contributed by atoms with E-state index in [0.29, 0.717) is 22.9 Å². The molecule has 1 aliphatic rings. The summed E-state index contributed by atoms with van der Waals surface area (Å²) in [4.78, 5) is 13.9. The maximum Gasteiger partial charge on any atom is 0.250 e. The predicted octanol–water partition coefficient (Wildman–Crippen LogP) is 1.51. The van der Waals surface area contributed by atoms with Crippen LogP contribution in [0.5, 0.6) is 0 Å². The monoisotopic (exact) mass is 276 g/mol. The minimum atomic E-state index is -0.444. The van der Waals surface area contributed by atoms with Crippen LogP contribution in [0.25, 0.3) is 0 Å². The van der Waals surface area contributed by atoms with E-state index in [2.05, 4.69) is 17.1 Å². The maximum atomic E-state index is 11.4. The quantitative estimate of drug-likeness (QED) is 0.712. The van der Waals surface area contributed by atoms with E-state index in [4.69, 9.17) is 11.5 Å². The number of anilines is 2. The minimum absolute atomic E-state index is 0.444. The van der Waals surface area contributed by atoms with E-state index in [1.807, 2.05) is 0 Å². The van der Waals surface area contributed by atoms with Crippen molar-refractivity contribution in [2.45, 2.75) is 19.8 Å². The Balaban J connectivity index is 1.96. The molecule has 5 nitrogen and oxygen atoms in total. The molecule has 0 bridgehead atoms. The number of nitrogens with zero attached hydrogens (tertiary/aromatic N) is 1. The van der Waals surface area contributed by atoms with Gasteiger partial charge in [0.2, 0.25) is 0 Å². The van der Waals surface area contributed by atoms with Gasteiger partial charge in [-0.25, -0.2) is 0 Å². The van der Waals surface area contributed by atoms with Crippen LogP contribution in [0.3, 0.4) is 0 Å². The van der Waals surface area contributed by atoms with Gasteiger partial charge in [0, 0.05) is 6.54 Å². The average Bonchev–Trinajstić information content (AvgIpc) is 2.46. The Hall–Kier alpha value is -1.75. The zero-order chi connectivity index (χ0) is 14.5. The standard InChI is InChI=1S/C15H24N4O/c1-2-19-8-6-11(7-9-19)10-18-14-12(15(17)20)4-3-5-13(14)16/h3-5,11,18H,2,6-10,16H2,1H3,(H2,17,20). The highest BCUT2D eigenvalue weighted by molar-refractivity contribution is 6.01. The van der Waals surface area contributed by atoms with Gasteiger partial charge in [-0.3, -0.25) is 4.79 Å². The van der Waals surface area contributed by atoms with Crippen molar-refractivity contribution in [3.8, 4) is 0 Å². The molecular weight excluding hydrogens is 252 g/mol. The predicted molar refractivity (Wildman–Crippen MR) is 82.7 cm³/mol. The van der Waals surface area contributed by atoms with Crippen LogP contribution in [0.1, 0.15) is 30.1 Å². The molecule has 1 amide bonds. The van der Waals surface area contributed by atoms with Crippen LogP contribution in [0.4, 0.5) is 11.4 Å². The van der Waals surface area contributed by atoms with Crippen molar-refractivity contribution in [1.82, 2.24) is 4.90 Å². The lowest BCUT2D eigenvalue weighted by atomic mass is 9.96. The molecule has 5 heteroatoms. The fourth-order valence-corrected chi connectivity index (χ4v) is 2.73. The molecule has 110 valence electrons. The smallest absolute Gasteiger partial charge is 0.250 e. The molecule has 20 heavy (non-hydrogen) atoms.